The second-order valence-electron chi connectivity index (χ2n) is 4.53. The number of nitrogens with two attached hydrogens (primary N) is 1. The Morgan fingerprint density at radius 3 is 3.08 bits per heavy atom. The minimum atomic E-state index is -0.220. The highest BCUT2D eigenvalue weighted by atomic mass is 16.1. The number of hydrogen-bond donors (Lipinski definition) is 1. The third-order valence-corrected chi connectivity index (χ3v) is 3.42. The van der Waals surface area contributed by atoms with Crippen molar-refractivity contribution in [3.8, 4) is 0 Å². The van der Waals surface area contributed by atoms with Crippen LogP contribution in [0.15, 0.2) is 0 Å². The summed E-state index contributed by atoms with van der Waals surface area (Å²) in [5.41, 5.74) is 5.21. The van der Waals surface area contributed by atoms with Crippen LogP contribution in [0.1, 0.15) is 32.6 Å². The van der Waals surface area contributed by atoms with Gasteiger partial charge in [0.1, 0.15) is 0 Å². The monoisotopic (exact) mass is 166 g/mol. The summed E-state index contributed by atoms with van der Waals surface area (Å²) in [7, 11) is 0. The van der Waals surface area contributed by atoms with Crippen LogP contribution in [0.25, 0.3) is 0 Å². The van der Waals surface area contributed by atoms with Gasteiger partial charge in [0.2, 0.25) is 5.91 Å². The molecule has 2 N–H and O–H groups in total. The maximum atomic E-state index is 11.3. The zero-order valence-corrected chi connectivity index (χ0v) is 7.55. The van der Waals surface area contributed by atoms with Gasteiger partial charge in [-0.15, -0.1) is 0 Å². The first-order valence-electron chi connectivity index (χ1n) is 4.78. The van der Waals surface area contributed by atoms with Crippen molar-refractivity contribution in [3.05, 3.63) is 6.42 Å². The molecular formula is C10H16NO. The van der Waals surface area contributed by atoms with E-state index in [2.05, 4.69) is 13.3 Å². The molecule has 0 heterocycles. The van der Waals surface area contributed by atoms with Crippen molar-refractivity contribution in [3.63, 3.8) is 0 Å². The van der Waals surface area contributed by atoms with Crippen molar-refractivity contribution in [2.75, 3.05) is 0 Å². The van der Waals surface area contributed by atoms with Gasteiger partial charge in [-0.1, -0.05) is 6.92 Å². The van der Waals surface area contributed by atoms with Gasteiger partial charge in [-0.2, -0.15) is 0 Å². The fourth-order valence-corrected chi connectivity index (χ4v) is 2.94. The van der Waals surface area contributed by atoms with Crippen LogP contribution in [0.2, 0.25) is 0 Å². The maximum Gasteiger partial charge on any atom is 0.223 e. The molecule has 3 atom stereocenters. The molecule has 0 spiro atoms. The quantitative estimate of drug-likeness (QED) is 0.630. The summed E-state index contributed by atoms with van der Waals surface area (Å²) in [6.45, 7) is 2.23. The minimum Gasteiger partial charge on any atom is -0.369 e. The molecule has 2 bridgehead atoms. The van der Waals surface area contributed by atoms with Crippen LogP contribution in [-0.2, 0) is 4.79 Å². The summed E-state index contributed by atoms with van der Waals surface area (Å²) < 4.78 is 0. The molecule has 0 aromatic heterocycles. The highest BCUT2D eigenvalue weighted by molar-refractivity contribution is 5.83. The summed E-state index contributed by atoms with van der Waals surface area (Å²) in [6.07, 6.45) is 6.63. The first-order chi connectivity index (χ1) is 5.62. The summed E-state index contributed by atoms with van der Waals surface area (Å²) in [4.78, 5) is 11.3. The lowest BCUT2D eigenvalue weighted by atomic mass is 9.71. The average Bonchev–Trinajstić information content (AvgIpc) is 2.28. The largest absolute Gasteiger partial charge is 0.369 e. The van der Waals surface area contributed by atoms with Crippen molar-refractivity contribution in [2.24, 2.45) is 23.0 Å². The lowest BCUT2D eigenvalue weighted by Crippen LogP contribution is -2.39. The normalized spacial score (nSPS) is 46.1. The van der Waals surface area contributed by atoms with Crippen LogP contribution < -0.4 is 5.73 Å². The van der Waals surface area contributed by atoms with Crippen molar-refractivity contribution in [2.45, 2.75) is 32.6 Å². The zero-order chi connectivity index (χ0) is 8.77. The molecule has 2 heteroatoms. The van der Waals surface area contributed by atoms with E-state index < -0.39 is 0 Å². The number of carbonyl (C=O) groups is 1. The first-order valence-corrected chi connectivity index (χ1v) is 4.78. The molecule has 0 saturated heterocycles. The molecule has 0 aliphatic heterocycles. The van der Waals surface area contributed by atoms with E-state index in [0.717, 1.165) is 12.8 Å². The molecule has 2 rings (SSSR count). The van der Waals surface area contributed by atoms with E-state index in [-0.39, 0.29) is 11.3 Å². The van der Waals surface area contributed by atoms with E-state index in [4.69, 9.17) is 5.73 Å². The molecule has 1 radical (unpaired) electrons. The van der Waals surface area contributed by atoms with Crippen molar-refractivity contribution in [1.82, 2.24) is 0 Å². The number of fused-ring (bicyclic) bond motifs is 2. The lowest BCUT2D eigenvalue weighted by Gasteiger charge is -2.33. The highest BCUT2D eigenvalue weighted by Gasteiger charge is 2.48. The standard InChI is InChI=1S/C10H16NO/c1-7-4-8-2-3-10(5-7,6-8)9(11)12/h6-8H,2-5H2,1H3,(H2,11,12). The average molecular weight is 166 g/mol. The Bertz CT molecular complexity index is 214. The van der Waals surface area contributed by atoms with Gasteiger partial charge in [0.15, 0.2) is 0 Å². The van der Waals surface area contributed by atoms with E-state index in [1.165, 1.54) is 12.8 Å². The Kier molecular flexibility index (Phi) is 1.67. The van der Waals surface area contributed by atoms with Crippen molar-refractivity contribution in [1.29, 1.82) is 0 Å². The molecule has 2 aliphatic rings. The molecule has 0 aromatic rings. The van der Waals surface area contributed by atoms with Crippen LogP contribution in [0, 0.1) is 23.7 Å². The topological polar surface area (TPSA) is 43.1 Å². The van der Waals surface area contributed by atoms with Crippen molar-refractivity contribution < 1.29 is 4.79 Å². The molecule has 2 saturated carbocycles. The summed E-state index contributed by atoms with van der Waals surface area (Å²) in [5.74, 6) is 1.24. The fraction of sp³-hybridized carbons (Fsp3) is 0.800. The molecule has 1 amide bonds. The fourth-order valence-electron chi connectivity index (χ4n) is 2.94. The Hall–Kier alpha value is -0.530. The molecule has 3 unspecified atom stereocenters. The SMILES string of the molecule is CC1CC2[CH]C(C(N)=O)(CC2)C1. The van der Waals surface area contributed by atoms with Gasteiger partial charge < -0.3 is 5.73 Å². The summed E-state index contributed by atoms with van der Waals surface area (Å²) in [6, 6.07) is 0. The maximum absolute atomic E-state index is 11.3. The Morgan fingerprint density at radius 2 is 2.42 bits per heavy atom. The molecule has 2 aliphatic carbocycles. The van der Waals surface area contributed by atoms with E-state index in [0.29, 0.717) is 11.8 Å². The summed E-state index contributed by atoms with van der Waals surface area (Å²) in [5, 5.41) is 0. The van der Waals surface area contributed by atoms with E-state index >= 15 is 0 Å². The van der Waals surface area contributed by atoms with E-state index in [1.807, 2.05) is 0 Å². The van der Waals surface area contributed by atoms with Gasteiger partial charge in [0, 0.05) is 0 Å². The first kappa shape index (κ1) is 8.09. The highest BCUT2D eigenvalue weighted by Crippen LogP contribution is 2.52. The number of rotatable bonds is 1. The molecule has 2 nitrogen and oxygen atoms in total. The molecule has 12 heavy (non-hydrogen) atoms. The van der Waals surface area contributed by atoms with Crippen LogP contribution in [0.4, 0.5) is 0 Å². The number of amides is 1. The van der Waals surface area contributed by atoms with Crippen LogP contribution in [-0.4, -0.2) is 5.91 Å². The Balaban J connectivity index is 2.21. The van der Waals surface area contributed by atoms with E-state index in [9.17, 15) is 4.79 Å². The van der Waals surface area contributed by atoms with Gasteiger partial charge >= 0.3 is 0 Å². The van der Waals surface area contributed by atoms with Gasteiger partial charge in [-0.25, -0.2) is 0 Å². The molecule has 0 aromatic carbocycles. The summed E-state index contributed by atoms with van der Waals surface area (Å²) >= 11 is 0. The van der Waals surface area contributed by atoms with Crippen LogP contribution in [0.3, 0.4) is 0 Å². The second kappa shape index (κ2) is 2.48. The molecule has 67 valence electrons. The number of hydrogen-bond acceptors (Lipinski definition) is 1. The predicted octanol–water partition coefficient (Wildman–Crippen LogP) is 1.50. The predicted molar refractivity (Wildman–Crippen MR) is 47.0 cm³/mol. The van der Waals surface area contributed by atoms with Crippen molar-refractivity contribution >= 4 is 5.91 Å². The second-order valence-corrected chi connectivity index (χ2v) is 4.53. The third-order valence-electron chi connectivity index (χ3n) is 3.42. The van der Waals surface area contributed by atoms with Gasteiger partial charge in [-0.05, 0) is 43.9 Å². The third kappa shape index (κ3) is 1.05. The number of carbonyl (C=O) groups excluding carboxylic acids is 1. The van der Waals surface area contributed by atoms with Gasteiger partial charge in [-0.3, -0.25) is 4.79 Å². The smallest absolute Gasteiger partial charge is 0.223 e. The number of primary amides is 1. The molecule has 2 fully saturated rings. The Labute approximate surface area is 73.5 Å². The molecular weight excluding hydrogens is 150 g/mol. The van der Waals surface area contributed by atoms with Crippen LogP contribution >= 0.6 is 0 Å². The lowest BCUT2D eigenvalue weighted by molar-refractivity contribution is -0.127. The van der Waals surface area contributed by atoms with Gasteiger partial charge in [0.25, 0.3) is 0 Å². The van der Waals surface area contributed by atoms with Crippen LogP contribution in [0.5, 0.6) is 0 Å². The van der Waals surface area contributed by atoms with E-state index in [1.54, 1.807) is 0 Å². The van der Waals surface area contributed by atoms with Gasteiger partial charge in [0.05, 0.1) is 5.41 Å². The minimum absolute atomic E-state index is 0.100. The zero-order valence-electron chi connectivity index (χ0n) is 7.55. The Morgan fingerprint density at radius 1 is 1.67 bits per heavy atom.